The van der Waals surface area contributed by atoms with Gasteiger partial charge in [-0.25, -0.2) is 0 Å². The summed E-state index contributed by atoms with van der Waals surface area (Å²) in [6, 6.07) is 11.1. The van der Waals surface area contributed by atoms with Gasteiger partial charge >= 0.3 is 0 Å². The molecule has 3 heterocycles. The van der Waals surface area contributed by atoms with Gasteiger partial charge in [-0.05, 0) is 24.3 Å². The Morgan fingerprint density at radius 1 is 1.32 bits per heavy atom. The molecule has 1 saturated heterocycles. The number of thiocarbonyl (C=S) groups is 1. The number of benzene rings is 1. The number of carbonyl (C=O) groups is 1. The van der Waals surface area contributed by atoms with E-state index in [1.54, 1.807) is 37.7 Å². The van der Waals surface area contributed by atoms with Crippen molar-refractivity contribution in [2.45, 2.75) is 0 Å². The van der Waals surface area contributed by atoms with Crippen molar-refractivity contribution in [2.24, 2.45) is 0 Å². The zero-order valence-corrected chi connectivity index (χ0v) is 14.8. The first kappa shape index (κ1) is 15.9. The lowest BCUT2D eigenvalue weighted by Crippen LogP contribution is -2.27. The van der Waals surface area contributed by atoms with E-state index < -0.39 is 0 Å². The maximum Gasteiger partial charge on any atom is 0.270 e. The number of carbonyl (C=O) groups excluding carboxylic acids is 1. The molecule has 25 heavy (non-hydrogen) atoms. The van der Waals surface area contributed by atoms with Crippen LogP contribution in [0, 0.1) is 0 Å². The van der Waals surface area contributed by atoms with Crippen LogP contribution in [0.1, 0.15) is 5.76 Å². The number of fused-ring (bicyclic) bond motifs is 1. The van der Waals surface area contributed by atoms with E-state index in [1.807, 2.05) is 24.3 Å². The number of aromatic nitrogens is 1. The maximum absolute atomic E-state index is 12.7. The minimum absolute atomic E-state index is 0.185. The van der Waals surface area contributed by atoms with Gasteiger partial charge in [-0.15, -0.1) is 0 Å². The van der Waals surface area contributed by atoms with Crippen LogP contribution < -0.4 is 9.64 Å². The fourth-order valence-electron chi connectivity index (χ4n) is 2.59. The molecule has 0 spiro atoms. The van der Waals surface area contributed by atoms with Crippen molar-refractivity contribution in [3.8, 4) is 5.75 Å². The third-order valence-electron chi connectivity index (χ3n) is 3.72. The van der Waals surface area contributed by atoms with Gasteiger partial charge in [0.2, 0.25) is 0 Å². The molecule has 1 amide bonds. The Morgan fingerprint density at radius 2 is 2.20 bits per heavy atom. The van der Waals surface area contributed by atoms with Gasteiger partial charge in [0.15, 0.2) is 15.7 Å². The first-order chi connectivity index (χ1) is 12.2. The van der Waals surface area contributed by atoms with Crippen LogP contribution >= 0.6 is 24.0 Å². The van der Waals surface area contributed by atoms with Crippen molar-refractivity contribution in [3.05, 3.63) is 59.5 Å². The fraction of sp³-hybridized carbons (Fsp3) is 0.0556. The molecule has 1 fully saturated rings. The molecule has 124 valence electrons. The molecule has 0 aliphatic carbocycles. The van der Waals surface area contributed by atoms with Gasteiger partial charge in [0.05, 0.1) is 23.9 Å². The second-order valence-electron chi connectivity index (χ2n) is 5.26. The average Bonchev–Trinajstić information content (AvgIpc) is 3.16. The van der Waals surface area contributed by atoms with Gasteiger partial charge in [0, 0.05) is 17.7 Å². The van der Waals surface area contributed by atoms with Crippen molar-refractivity contribution in [3.63, 3.8) is 0 Å². The summed E-state index contributed by atoms with van der Waals surface area (Å²) in [7, 11) is 1.59. The zero-order valence-electron chi connectivity index (χ0n) is 13.1. The number of amides is 1. The quantitative estimate of drug-likeness (QED) is 0.509. The second kappa shape index (κ2) is 6.34. The van der Waals surface area contributed by atoms with E-state index in [2.05, 4.69) is 4.98 Å². The van der Waals surface area contributed by atoms with E-state index in [0.717, 1.165) is 5.39 Å². The highest BCUT2D eigenvalue weighted by molar-refractivity contribution is 8.27. The molecule has 0 N–H and O–H groups in total. The van der Waals surface area contributed by atoms with Gasteiger partial charge in [-0.3, -0.25) is 14.7 Å². The summed E-state index contributed by atoms with van der Waals surface area (Å²) in [5.74, 6) is 1.04. The van der Waals surface area contributed by atoms with Crippen LogP contribution in [0.2, 0.25) is 0 Å². The van der Waals surface area contributed by atoms with Gasteiger partial charge in [0.1, 0.15) is 5.76 Å². The molecule has 0 bridgehead atoms. The van der Waals surface area contributed by atoms with Crippen LogP contribution in [-0.2, 0) is 4.79 Å². The number of furan rings is 1. The van der Waals surface area contributed by atoms with E-state index in [0.29, 0.717) is 32.0 Å². The molecular weight excluding hydrogens is 356 g/mol. The summed E-state index contributed by atoms with van der Waals surface area (Å²) >= 11 is 6.59. The molecule has 5 nitrogen and oxygen atoms in total. The highest BCUT2D eigenvalue weighted by atomic mass is 32.2. The number of thioether (sulfide) groups is 1. The summed E-state index contributed by atoms with van der Waals surface area (Å²) in [6.45, 7) is 0. The average molecular weight is 368 g/mol. The first-order valence-corrected chi connectivity index (χ1v) is 8.64. The van der Waals surface area contributed by atoms with Gasteiger partial charge < -0.3 is 9.15 Å². The monoisotopic (exact) mass is 368 g/mol. The Bertz CT molecular complexity index is 1010. The van der Waals surface area contributed by atoms with Crippen molar-refractivity contribution in [2.75, 3.05) is 12.0 Å². The van der Waals surface area contributed by atoms with Crippen molar-refractivity contribution in [1.29, 1.82) is 0 Å². The second-order valence-corrected chi connectivity index (χ2v) is 6.93. The third-order valence-corrected chi connectivity index (χ3v) is 5.02. The number of hydrogen-bond acceptors (Lipinski definition) is 6. The van der Waals surface area contributed by atoms with Crippen LogP contribution in [0.5, 0.6) is 5.75 Å². The van der Waals surface area contributed by atoms with E-state index in [9.17, 15) is 4.79 Å². The van der Waals surface area contributed by atoms with E-state index in [-0.39, 0.29) is 5.91 Å². The van der Waals surface area contributed by atoms with Crippen molar-refractivity contribution >= 4 is 56.9 Å². The Balaban J connectivity index is 1.71. The molecule has 0 radical (unpaired) electrons. The maximum atomic E-state index is 12.7. The lowest BCUT2D eigenvalue weighted by atomic mass is 10.2. The summed E-state index contributed by atoms with van der Waals surface area (Å²) < 4.78 is 11.6. The Kier molecular flexibility index (Phi) is 4.03. The fourth-order valence-corrected chi connectivity index (χ4v) is 3.87. The lowest BCUT2D eigenvalue weighted by Gasteiger charge is -2.13. The van der Waals surface area contributed by atoms with Gasteiger partial charge in [-0.2, -0.15) is 0 Å². The summed E-state index contributed by atoms with van der Waals surface area (Å²) in [5, 5.41) is 0.910. The SMILES string of the molecule is COc1cccc2cc(/C=C3\SC(=S)N(c4cccnc4)C3=O)oc12. The van der Waals surface area contributed by atoms with Gasteiger partial charge in [-0.1, -0.05) is 36.1 Å². The summed E-state index contributed by atoms with van der Waals surface area (Å²) in [4.78, 5) is 18.7. The van der Waals surface area contributed by atoms with Crippen LogP contribution in [0.15, 0.2) is 58.1 Å². The van der Waals surface area contributed by atoms with E-state index in [1.165, 1.54) is 16.7 Å². The zero-order chi connectivity index (χ0) is 17.4. The lowest BCUT2D eigenvalue weighted by molar-refractivity contribution is -0.113. The standard InChI is InChI=1S/C18H12N2O3S2/c1-22-14-6-2-4-11-8-13(23-16(11)14)9-15-17(21)20(18(24)25-15)12-5-3-7-19-10-12/h2-10H,1H3/b15-9-. The molecule has 2 aromatic heterocycles. The van der Waals surface area contributed by atoms with Crippen molar-refractivity contribution < 1.29 is 13.9 Å². The molecule has 7 heteroatoms. The number of methoxy groups -OCH3 is 1. The highest BCUT2D eigenvalue weighted by Gasteiger charge is 2.33. The normalized spacial score (nSPS) is 16.2. The summed E-state index contributed by atoms with van der Waals surface area (Å²) in [6.07, 6.45) is 4.97. The number of para-hydroxylation sites is 1. The molecule has 0 saturated carbocycles. The van der Waals surface area contributed by atoms with Crippen LogP contribution in [-0.4, -0.2) is 22.3 Å². The topological polar surface area (TPSA) is 55.6 Å². The highest BCUT2D eigenvalue weighted by Crippen LogP contribution is 2.37. The number of nitrogens with zero attached hydrogens (tertiary/aromatic N) is 2. The predicted octanol–water partition coefficient (Wildman–Crippen LogP) is 4.24. The molecule has 0 unspecified atom stereocenters. The van der Waals surface area contributed by atoms with E-state index >= 15 is 0 Å². The molecule has 1 aromatic carbocycles. The van der Waals surface area contributed by atoms with Crippen LogP contribution in [0.25, 0.3) is 17.0 Å². The number of hydrogen-bond donors (Lipinski definition) is 0. The largest absolute Gasteiger partial charge is 0.493 e. The Labute approximate surface area is 153 Å². The van der Waals surface area contributed by atoms with Crippen LogP contribution in [0.3, 0.4) is 0 Å². The molecule has 3 aromatic rings. The minimum Gasteiger partial charge on any atom is -0.493 e. The molecule has 0 atom stereocenters. The van der Waals surface area contributed by atoms with Crippen molar-refractivity contribution in [1.82, 2.24) is 4.98 Å². The number of ether oxygens (including phenoxy) is 1. The van der Waals surface area contributed by atoms with E-state index in [4.69, 9.17) is 21.4 Å². The van der Waals surface area contributed by atoms with Crippen LogP contribution in [0.4, 0.5) is 5.69 Å². The Morgan fingerprint density at radius 3 is 2.96 bits per heavy atom. The Hall–Kier alpha value is -2.64. The van der Waals surface area contributed by atoms with Gasteiger partial charge in [0.25, 0.3) is 5.91 Å². The number of anilines is 1. The third kappa shape index (κ3) is 2.81. The molecule has 1 aliphatic heterocycles. The first-order valence-electron chi connectivity index (χ1n) is 7.42. The molecule has 4 rings (SSSR count). The molecule has 1 aliphatic rings. The molecular formula is C18H12N2O3S2. The summed E-state index contributed by atoms with van der Waals surface area (Å²) in [5.41, 5.74) is 1.30. The number of rotatable bonds is 3. The minimum atomic E-state index is -0.185. The predicted molar refractivity (Wildman–Crippen MR) is 103 cm³/mol. The smallest absolute Gasteiger partial charge is 0.270 e. The number of pyridine rings is 1.